The molecular formula is C13H19N3O4. The second kappa shape index (κ2) is 6.85. The highest BCUT2D eigenvalue weighted by Gasteiger charge is 2.18. The minimum absolute atomic E-state index is 0.000134. The van der Waals surface area contributed by atoms with Crippen molar-refractivity contribution in [2.75, 3.05) is 26.0 Å². The van der Waals surface area contributed by atoms with Gasteiger partial charge in [0, 0.05) is 12.1 Å². The van der Waals surface area contributed by atoms with Gasteiger partial charge in [0.25, 0.3) is 5.69 Å². The molecule has 1 rings (SSSR count). The molecule has 0 aliphatic carbocycles. The lowest BCUT2D eigenvalue weighted by Gasteiger charge is -2.18. The lowest BCUT2D eigenvalue weighted by atomic mass is 10.1. The summed E-state index contributed by atoms with van der Waals surface area (Å²) in [6.45, 7) is 2.74. The second-order valence-electron chi connectivity index (χ2n) is 4.93. The van der Waals surface area contributed by atoms with Gasteiger partial charge in [0.2, 0.25) is 0 Å². The molecule has 110 valence electrons. The minimum atomic E-state index is -1.11. The maximum Gasteiger partial charge on any atom is 0.335 e. The van der Waals surface area contributed by atoms with Crippen molar-refractivity contribution in [1.82, 2.24) is 4.90 Å². The van der Waals surface area contributed by atoms with Gasteiger partial charge in [-0.2, -0.15) is 0 Å². The molecule has 1 unspecified atom stereocenters. The maximum atomic E-state index is 11.0. The molecule has 0 aliphatic heterocycles. The number of anilines is 1. The van der Waals surface area contributed by atoms with Gasteiger partial charge in [0.05, 0.1) is 10.5 Å². The third kappa shape index (κ3) is 4.51. The van der Waals surface area contributed by atoms with Crippen LogP contribution in [0.1, 0.15) is 23.7 Å². The Balaban J connectivity index is 2.92. The molecule has 7 nitrogen and oxygen atoms in total. The zero-order chi connectivity index (χ0) is 15.3. The number of nitro groups is 1. The van der Waals surface area contributed by atoms with Gasteiger partial charge < -0.3 is 15.3 Å². The van der Waals surface area contributed by atoms with E-state index in [1.165, 1.54) is 18.2 Å². The summed E-state index contributed by atoms with van der Waals surface area (Å²) in [5.41, 5.74) is 0.144. The number of rotatable bonds is 7. The van der Waals surface area contributed by atoms with E-state index in [4.69, 9.17) is 5.11 Å². The standard InChI is InChI=1S/C13H19N3O4/c1-9(6-7-15(2)3)14-11-8-10(13(17)18)4-5-12(11)16(19)20/h4-5,8-9,14H,6-7H2,1-3H3,(H,17,18). The molecule has 0 heterocycles. The van der Waals surface area contributed by atoms with Crippen molar-refractivity contribution in [1.29, 1.82) is 0 Å². The van der Waals surface area contributed by atoms with Crippen LogP contribution in [0.15, 0.2) is 18.2 Å². The molecule has 2 N–H and O–H groups in total. The molecule has 20 heavy (non-hydrogen) atoms. The molecule has 0 spiro atoms. The number of nitrogens with one attached hydrogen (secondary N) is 1. The summed E-state index contributed by atoms with van der Waals surface area (Å²) in [5, 5.41) is 22.9. The molecule has 0 aromatic heterocycles. The van der Waals surface area contributed by atoms with Crippen LogP contribution >= 0.6 is 0 Å². The molecule has 0 bridgehead atoms. The number of hydrogen-bond acceptors (Lipinski definition) is 5. The average molecular weight is 281 g/mol. The van der Waals surface area contributed by atoms with Crippen LogP contribution in [0.2, 0.25) is 0 Å². The largest absolute Gasteiger partial charge is 0.478 e. The number of nitrogens with zero attached hydrogens (tertiary/aromatic N) is 2. The Morgan fingerprint density at radius 1 is 1.50 bits per heavy atom. The summed E-state index contributed by atoms with van der Waals surface area (Å²) in [4.78, 5) is 23.4. The van der Waals surface area contributed by atoms with Crippen molar-refractivity contribution in [2.24, 2.45) is 0 Å². The fraction of sp³-hybridized carbons (Fsp3) is 0.462. The first-order valence-electron chi connectivity index (χ1n) is 6.24. The van der Waals surface area contributed by atoms with E-state index in [2.05, 4.69) is 5.32 Å². The van der Waals surface area contributed by atoms with Crippen molar-refractivity contribution in [2.45, 2.75) is 19.4 Å². The lowest BCUT2D eigenvalue weighted by Crippen LogP contribution is -2.23. The van der Waals surface area contributed by atoms with Crippen molar-refractivity contribution >= 4 is 17.3 Å². The highest BCUT2D eigenvalue weighted by Crippen LogP contribution is 2.26. The van der Waals surface area contributed by atoms with Crippen LogP contribution in [-0.2, 0) is 0 Å². The van der Waals surface area contributed by atoms with E-state index in [1.54, 1.807) is 0 Å². The van der Waals surface area contributed by atoms with Gasteiger partial charge in [-0.05, 0) is 46.1 Å². The van der Waals surface area contributed by atoms with Gasteiger partial charge in [0.15, 0.2) is 0 Å². The van der Waals surface area contributed by atoms with E-state index in [9.17, 15) is 14.9 Å². The SMILES string of the molecule is CC(CCN(C)C)Nc1cc(C(=O)O)ccc1[N+](=O)[O-]. The predicted octanol–water partition coefficient (Wildman–Crippen LogP) is 2.05. The Hall–Kier alpha value is -2.15. The fourth-order valence-electron chi connectivity index (χ4n) is 1.73. The molecule has 0 saturated carbocycles. The van der Waals surface area contributed by atoms with E-state index in [-0.39, 0.29) is 23.0 Å². The van der Waals surface area contributed by atoms with E-state index in [0.717, 1.165) is 13.0 Å². The Morgan fingerprint density at radius 3 is 2.65 bits per heavy atom. The fourth-order valence-corrected chi connectivity index (χ4v) is 1.73. The van der Waals surface area contributed by atoms with E-state index in [1.807, 2.05) is 25.9 Å². The van der Waals surface area contributed by atoms with E-state index < -0.39 is 10.9 Å². The third-order valence-electron chi connectivity index (χ3n) is 2.85. The number of carboxylic acid groups (broad SMARTS) is 1. The maximum absolute atomic E-state index is 11.0. The van der Waals surface area contributed by atoms with E-state index >= 15 is 0 Å². The van der Waals surface area contributed by atoms with Crippen molar-refractivity contribution in [3.8, 4) is 0 Å². The molecule has 1 aromatic carbocycles. The monoisotopic (exact) mass is 281 g/mol. The Morgan fingerprint density at radius 2 is 2.15 bits per heavy atom. The van der Waals surface area contributed by atoms with Crippen LogP contribution in [-0.4, -0.2) is 47.6 Å². The number of aromatic carboxylic acids is 1. The van der Waals surface area contributed by atoms with Crippen LogP contribution in [0.5, 0.6) is 0 Å². The second-order valence-corrected chi connectivity index (χ2v) is 4.93. The number of benzene rings is 1. The molecule has 0 radical (unpaired) electrons. The molecule has 1 atom stereocenters. The number of carbonyl (C=O) groups is 1. The summed E-state index contributed by atoms with van der Waals surface area (Å²) in [7, 11) is 3.89. The highest BCUT2D eigenvalue weighted by molar-refractivity contribution is 5.90. The first kappa shape index (κ1) is 15.9. The van der Waals surface area contributed by atoms with Crippen molar-refractivity contribution in [3.05, 3.63) is 33.9 Å². The van der Waals surface area contributed by atoms with Gasteiger partial charge in [-0.15, -0.1) is 0 Å². The van der Waals surface area contributed by atoms with Crippen molar-refractivity contribution in [3.63, 3.8) is 0 Å². The summed E-state index contributed by atoms with van der Waals surface area (Å²) in [6.07, 6.45) is 0.793. The summed E-state index contributed by atoms with van der Waals surface area (Å²) in [5.74, 6) is -1.11. The highest BCUT2D eigenvalue weighted by atomic mass is 16.6. The minimum Gasteiger partial charge on any atom is -0.478 e. The number of hydrogen-bond donors (Lipinski definition) is 2. The van der Waals surface area contributed by atoms with Crippen molar-refractivity contribution < 1.29 is 14.8 Å². The van der Waals surface area contributed by atoms with Gasteiger partial charge in [-0.3, -0.25) is 10.1 Å². The molecule has 0 amide bonds. The van der Waals surface area contributed by atoms with Gasteiger partial charge in [-0.25, -0.2) is 4.79 Å². The zero-order valence-corrected chi connectivity index (χ0v) is 11.8. The number of carboxylic acids is 1. The average Bonchev–Trinajstić information content (AvgIpc) is 2.35. The summed E-state index contributed by atoms with van der Waals surface area (Å²) in [6, 6.07) is 3.74. The number of nitro benzene ring substituents is 1. The van der Waals surface area contributed by atoms with Crippen LogP contribution in [0.25, 0.3) is 0 Å². The Kier molecular flexibility index (Phi) is 5.45. The smallest absolute Gasteiger partial charge is 0.335 e. The van der Waals surface area contributed by atoms with Gasteiger partial charge in [0.1, 0.15) is 5.69 Å². The van der Waals surface area contributed by atoms with Crippen LogP contribution in [0.4, 0.5) is 11.4 Å². The first-order chi connectivity index (χ1) is 9.31. The molecular weight excluding hydrogens is 262 g/mol. The normalized spacial score (nSPS) is 12.2. The molecule has 0 aliphatic rings. The van der Waals surface area contributed by atoms with Crippen LogP contribution in [0.3, 0.4) is 0 Å². The first-order valence-corrected chi connectivity index (χ1v) is 6.24. The topological polar surface area (TPSA) is 95.7 Å². The molecule has 0 saturated heterocycles. The summed E-state index contributed by atoms with van der Waals surface area (Å²) < 4.78 is 0. The van der Waals surface area contributed by atoms with Crippen LogP contribution < -0.4 is 5.32 Å². The third-order valence-corrected chi connectivity index (χ3v) is 2.85. The quantitative estimate of drug-likeness (QED) is 0.586. The zero-order valence-electron chi connectivity index (χ0n) is 11.8. The predicted molar refractivity (Wildman–Crippen MR) is 76.3 cm³/mol. The van der Waals surface area contributed by atoms with Gasteiger partial charge in [-0.1, -0.05) is 0 Å². The molecule has 7 heteroatoms. The lowest BCUT2D eigenvalue weighted by molar-refractivity contribution is -0.384. The van der Waals surface area contributed by atoms with Gasteiger partial charge >= 0.3 is 5.97 Å². The summed E-state index contributed by atoms with van der Waals surface area (Å²) >= 11 is 0. The Bertz CT molecular complexity index is 502. The van der Waals surface area contributed by atoms with E-state index in [0.29, 0.717) is 0 Å². The Labute approximate surface area is 117 Å². The molecule has 0 fully saturated rings. The molecule has 1 aromatic rings. The van der Waals surface area contributed by atoms with Crippen LogP contribution in [0, 0.1) is 10.1 Å².